The first-order chi connectivity index (χ1) is 19.1. The minimum absolute atomic E-state index is 0.0632. The summed E-state index contributed by atoms with van der Waals surface area (Å²) in [6.45, 7) is 7.93. The van der Waals surface area contributed by atoms with Crippen molar-refractivity contribution in [2.75, 3.05) is 74.1 Å². The van der Waals surface area contributed by atoms with Gasteiger partial charge < -0.3 is 30.3 Å². The van der Waals surface area contributed by atoms with Crippen molar-refractivity contribution in [2.45, 2.75) is 19.9 Å². The third-order valence-corrected chi connectivity index (χ3v) is 8.50. The van der Waals surface area contributed by atoms with Crippen LogP contribution in [0.1, 0.15) is 24.3 Å². The number of fused-ring (bicyclic) bond motifs is 1. The minimum atomic E-state index is -3.26. The SMILES string of the molecule is CC(C)Nc1cccnc1N1CCN(C(=O)c2cc3cc(NC(=O)N4CCN(S(C)(=O)=O)CC4)ccc3[nH]2)CC1. The van der Waals surface area contributed by atoms with Gasteiger partial charge in [-0.25, -0.2) is 18.2 Å². The molecule has 0 radical (unpaired) electrons. The third kappa shape index (κ3) is 6.15. The molecule has 0 atom stereocenters. The summed E-state index contributed by atoms with van der Waals surface area (Å²) in [4.78, 5) is 39.5. The maximum atomic E-state index is 13.3. The van der Waals surface area contributed by atoms with Crippen molar-refractivity contribution in [3.05, 3.63) is 48.3 Å². The van der Waals surface area contributed by atoms with E-state index in [-0.39, 0.29) is 25.0 Å². The first-order valence-electron chi connectivity index (χ1n) is 13.5. The van der Waals surface area contributed by atoms with Crippen molar-refractivity contribution >= 4 is 50.1 Å². The van der Waals surface area contributed by atoms with Gasteiger partial charge in [0.25, 0.3) is 5.91 Å². The number of carbonyl (C=O) groups is 2. The summed E-state index contributed by atoms with van der Waals surface area (Å²) in [6.07, 6.45) is 2.97. The van der Waals surface area contributed by atoms with Gasteiger partial charge in [0, 0.05) is 81.2 Å². The van der Waals surface area contributed by atoms with Crippen molar-refractivity contribution in [3.8, 4) is 0 Å². The molecule has 0 saturated carbocycles. The molecule has 2 saturated heterocycles. The number of H-pyrrole nitrogens is 1. The number of rotatable bonds is 6. The molecule has 1 aromatic carbocycles. The number of pyridine rings is 1. The Labute approximate surface area is 234 Å². The van der Waals surface area contributed by atoms with Gasteiger partial charge in [-0.2, -0.15) is 4.31 Å². The molecule has 4 heterocycles. The summed E-state index contributed by atoms with van der Waals surface area (Å²) in [5.74, 6) is 0.840. The Morgan fingerprint density at radius 3 is 2.33 bits per heavy atom. The van der Waals surface area contributed by atoms with Gasteiger partial charge in [0.1, 0.15) is 5.69 Å². The molecule has 2 aliphatic rings. The molecule has 2 aromatic heterocycles. The van der Waals surface area contributed by atoms with Crippen LogP contribution in [0.25, 0.3) is 10.9 Å². The highest BCUT2D eigenvalue weighted by atomic mass is 32.2. The Hall–Kier alpha value is -3.84. The van der Waals surface area contributed by atoms with Crippen LogP contribution in [0.2, 0.25) is 0 Å². The molecule has 3 amide bonds. The van der Waals surface area contributed by atoms with E-state index < -0.39 is 10.0 Å². The maximum Gasteiger partial charge on any atom is 0.321 e. The molecule has 0 unspecified atom stereocenters. The number of piperazine rings is 2. The van der Waals surface area contributed by atoms with E-state index in [4.69, 9.17) is 0 Å². The number of aromatic amines is 1. The van der Waals surface area contributed by atoms with Crippen molar-refractivity contribution in [3.63, 3.8) is 0 Å². The summed E-state index contributed by atoms with van der Waals surface area (Å²) in [6, 6.07) is 11.2. The maximum absolute atomic E-state index is 13.3. The number of aromatic nitrogens is 2. The molecule has 40 heavy (non-hydrogen) atoms. The Morgan fingerprint density at radius 2 is 1.65 bits per heavy atom. The molecule has 12 nitrogen and oxygen atoms in total. The summed E-state index contributed by atoms with van der Waals surface area (Å²) in [5, 5.41) is 7.15. The smallest absolute Gasteiger partial charge is 0.321 e. The van der Waals surface area contributed by atoms with E-state index in [1.807, 2.05) is 35.2 Å². The highest BCUT2D eigenvalue weighted by Crippen LogP contribution is 2.26. The topological polar surface area (TPSA) is 134 Å². The number of amides is 3. The normalized spacial score (nSPS) is 16.9. The second kappa shape index (κ2) is 11.3. The second-order valence-corrected chi connectivity index (χ2v) is 12.5. The number of benzene rings is 1. The Balaban J connectivity index is 1.19. The molecule has 3 N–H and O–H groups in total. The number of hydrogen-bond donors (Lipinski definition) is 3. The van der Waals surface area contributed by atoms with Gasteiger partial charge in [-0.05, 0) is 50.2 Å². The lowest BCUT2D eigenvalue weighted by Gasteiger charge is -2.36. The number of urea groups is 1. The fraction of sp³-hybridized carbons (Fsp3) is 0.444. The Morgan fingerprint density at radius 1 is 0.950 bits per heavy atom. The van der Waals surface area contributed by atoms with Crippen LogP contribution in [0, 0.1) is 0 Å². The summed E-state index contributed by atoms with van der Waals surface area (Å²) in [7, 11) is -3.26. The first kappa shape index (κ1) is 27.7. The van der Waals surface area contributed by atoms with Crippen LogP contribution >= 0.6 is 0 Å². The monoisotopic (exact) mass is 568 g/mol. The van der Waals surface area contributed by atoms with Crippen LogP contribution < -0.4 is 15.5 Å². The predicted molar refractivity (Wildman–Crippen MR) is 156 cm³/mol. The molecule has 2 fully saturated rings. The fourth-order valence-electron chi connectivity index (χ4n) is 5.12. The fourth-order valence-corrected chi connectivity index (χ4v) is 5.94. The van der Waals surface area contributed by atoms with Gasteiger partial charge in [0.2, 0.25) is 10.0 Å². The van der Waals surface area contributed by atoms with Crippen molar-refractivity contribution in [2.24, 2.45) is 0 Å². The predicted octanol–water partition coefficient (Wildman–Crippen LogP) is 2.45. The van der Waals surface area contributed by atoms with Crippen molar-refractivity contribution < 1.29 is 18.0 Å². The van der Waals surface area contributed by atoms with Gasteiger partial charge in [-0.3, -0.25) is 4.79 Å². The highest BCUT2D eigenvalue weighted by Gasteiger charge is 2.27. The zero-order valence-electron chi connectivity index (χ0n) is 23.1. The largest absolute Gasteiger partial charge is 0.380 e. The van der Waals surface area contributed by atoms with E-state index in [1.54, 1.807) is 17.2 Å². The number of nitrogens with zero attached hydrogens (tertiary/aromatic N) is 5. The van der Waals surface area contributed by atoms with Gasteiger partial charge >= 0.3 is 6.03 Å². The molecule has 0 aliphatic carbocycles. The standard InChI is InChI=1S/C27H36N8O4S/c1-19(2)29-23-5-4-8-28-25(23)32-9-11-33(12-10-32)26(36)24-18-20-17-21(6-7-22(20)31-24)30-27(37)34-13-15-35(16-14-34)40(3,38)39/h4-8,17-19,29,31H,9-16H2,1-3H3,(H,30,37). The van der Waals surface area contributed by atoms with E-state index in [2.05, 4.69) is 39.3 Å². The van der Waals surface area contributed by atoms with Crippen LogP contribution in [0.5, 0.6) is 0 Å². The summed E-state index contributed by atoms with van der Waals surface area (Å²) in [5.41, 5.74) is 2.91. The average molecular weight is 569 g/mol. The lowest BCUT2D eigenvalue weighted by atomic mass is 10.2. The second-order valence-electron chi connectivity index (χ2n) is 10.5. The molecule has 2 aliphatic heterocycles. The van der Waals surface area contributed by atoms with Gasteiger partial charge in [0.05, 0.1) is 11.9 Å². The number of hydrogen-bond acceptors (Lipinski definition) is 7. The lowest BCUT2D eigenvalue weighted by Crippen LogP contribution is -2.51. The van der Waals surface area contributed by atoms with Crippen LogP contribution in [-0.2, 0) is 10.0 Å². The van der Waals surface area contributed by atoms with Gasteiger partial charge in [-0.15, -0.1) is 0 Å². The zero-order valence-corrected chi connectivity index (χ0v) is 23.9. The Kier molecular flexibility index (Phi) is 7.86. The summed E-state index contributed by atoms with van der Waals surface area (Å²) >= 11 is 0. The van der Waals surface area contributed by atoms with Crippen molar-refractivity contribution in [1.82, 2.24) is 24.1 Å². The third-order valence-electron chi connectivity index (χ3n) is 7.19. The van der Waals surface area contributed by atoms with E-state index in [9.17, 15) is 18.0 Å². The number of sulfonamides is 1. The Bertz CT molecular complexity index is 1490. The van der Waals surface area contributed by atoms with Crippen LogP contribution in [0.3, 0.4) is 0 Å². The van der Waals surface area contributed by atoms with Crippen LogP contribution in [-0.4, -0.2) is 109 Å². The van der Waals surface area contributed by atoms with Crippen molar-refractivity contribution in [1.29, 1.82) is 0 Å². The number of carbonyl (C=O) groups excluding carboxylic acids is 2. The molecule has 3 aromatic rings. The first-order valence-corrected chi connectivity index (χ1v) is 15.3. The summed E-state index contributed by atoms with van der Waals surface area (Å²) < 4.78 is 24.8. The lowest BCUT2D eigenvalue weighted by molar-refractivity contribution is 0.0741. The minimum Gasteiger partial charge on any atom is -0.380 e. The van der Waals surface area contributed by atoms with Gasteiger partial charge in [0.15, 0.2) is 5.82 Å². The van der Waals surface area contributed by atoms with Crippen LogP contribution in [0.15, 0.2) is 42.6 Å². The molecule has 0 bridgehead atoms. The zero-order chi connectivity index (χ0) is 28.4. The number of anilines is 3. The molecular formula is C27H36N8O4S. The van der Waals surface area contributed by atoms with E-state index in [1.165, 1.54) is 10.6 Å². The molecular weight excluding hydrogens is 532 g/mol. The van der Waals surface area contributed by atoms with E-state index in [0.717, 1.165) is 22.4 Å². The van der Waals surface area contributed by atoms with E-state index in [0.29, 0.717) is 56.7 Å². The molecule has 13 heteroatoms. The molecule has 5 rings (SSSR count). The molecule has 0 spiro atoms. The van der Waals surface area contributed by atoms with Gasteiger partial charge in [-0.1, -0.05) is 0 Å². The quantitative estimate of drug-likeness (QED) is 0.416. The highest BCUT2D eigenvalue weighted by molar-refractivity contribution is 7.88. The molecule has 214 valence electrons. The van der Waals surface area contributed by atoms with E-state index >= 15 is 0 Å². The number of nitrogens with one attached hydrogen (secondary N) is 3. The average Bonchev–Trinajstić information content (AvgIpc) is 3.36. The van der Waals surface area contributed by atoms with Crippen LogP contribution in [0.4, 0.5) is 22.0 Å².